The van der Waals surface area contributed by atoms with E-state index in [1.807, 2.05) is 6.92 Å². The van der Waals surface area contributed by atoms with Gasteiger partial charge in [-0.05, 0) is 26.2 Å². The molecule has 1 aromatic heterocycles. The van der Waals surface area contributed by atoms with Crippen molar-refractivity contribution in [2.24, 2.45) is 5.92 Å². The van der Waals surface area contributed by atoms with Gasteiger partial charge in [-0.2, -0.15) is 0 Å². The molecule has 1 aliphatic rings. The van der Waals surface area contributed by atoms with E-state index < -0.39 is 0 Å². The molecule has 6 nitrogen and oxygen atoms in total. The minimum atomic E-state index is -0.283. The second-order valence-electron chi connectivity index (χ2n) is 4.40. The van der Waals surface area contributed by atoms with Crippen LogP contribution in [0.5, 0.6) is 0 Å². The summed E-state index contributed by atoms with van der Waals surface area (Å²) in [7, 11) is 0. The molecule has 1 N–H and O–H groups in total. The fraction of sp³-hybridized carbons (Fsp3) is 0.667. The van der Waals surface area contributed by atoms with E-state index in [4.69, 9.17) is 4.74 Å². The lowest BCUT2D eigenvalue weighted by Gasteiger charge is -2.10. The van der Waals surface area contributed by atoms with Crippen LogP contribution in [-0.2, 0) is 14.3 Å². The zero-order chi connectivity index (χ0) is 14.5. The lowest BCUT2D eigenvalue weighted by atomic mass is 10.3. The number of ether oxygens (including phenoxy) is 1. The molecule has 0 saturated heterocycles. The molecule has 0 radical (unpaired) electrons. The molecule has 1 aliphatic carbocycles. The molecule has 8 heteroatoms. The Morgan fingerprint density at radius 2 is 2.20 bits per heavy atom. The predicted octanol–water partition coefficient (Wildman–Crippen LogP) is 2.32. The Labute approximate surface area is 125 Å². The van der Waals surface area contributed by atoms with Crippen LogP contribution in [0.2, 0.25) is 0 Å². The molecule has 1 amide bonds. The molecular weight excluding hydrogens is 298 g/mol. The number of rotatable bonds is 7. The first kappa shape index (κ1) is 15.2. The normalized spacial score (nSPS) is 15.7. The first-order chi connectivity index (χ1) is 9.63. The van der Waals surface area contributed by atoms with Gasteiger partial charge < -0.3 is 10.1 Å². The second kappa shape index (κ2) is 7.03. The average molecular weight is 315 g/mol. The van der Waals surface area contributed by atoms with Crippen molar-refractivity contribution in [3.63, 3.8) is 0 Å². The van der Waals surface area contributed by atoms with Gasteiger partial charge in [0, 0.05) is 5.92 Å². The van der Waals surface area contributed by atoms with Crippen molar-refractivity contribution in [1.82, 2.24) is 10.2 Å². The van der Waals surface area contributed by atoms with Crippen molar-refractivity contribution in [2.45, 2.75) is 42.7 Å². The molecule has 1 aromatic rings. The molecule has 1 saturated carbocycles. The topological polar surface area (TPSA) is 81.2 Å². The van der Waals surface area contributed by atoms with Crippen molar-refractivity contribution in [3.8, 4) is 0 Å². The Morgan fingerprint density at radius 3 is 2.80 bits per heavy atom. The number of carbonyl (C=O) groups excluding carboxylic acids is 2. The summed E-state index contributed by atoms with van der Waals surface area (Å²) in [5.74, 6) is -0.0909. The SMILES string of the molecule is CCOC(=O)C(CC)Sc1nnc(NC(=O)C2CC2)s1. The van der Waals surface area contributed by atoms with Gasteiger partial charge in [0.2, 0.25) is 11.0 Å². The highest BCUT2D eigenvalue weighted by atomic mass is 32.2. The number of hydrogen-bond donors (Lipinski definition) is 1. The van der Waals surface area contributed by atoms with Crippen LogP contribution in [0.1, 0.15) is 33.1 Å². The minimum absolute atomic E-state index is 0.00938. The predicted molar refractivity (Wildman–Crippen MR) is 77.8 cm³/mol. The Balaban J connectivity index is 1.90. The van der Waals surface area contributed by atoms with Gasteiger partial charge in [-0.15, -0.1) is 10.2 Å². The lowest BCUT2D eigenvalue weighted by Crippen LogP contribution is -2.19. The third-order valence-corrected chi connectivity index (χ3v) is 5.01. The van der Waals surface area contributed by atoms with Crippen LogP contribution in [0, 0.1) is 5.92 Å². The van der Waals surface area contributed by atoms with E-state index in [0.717, 1.165) is 12.8 Å². The van der Waals surface area contributed by atoms with E-state index >= 15 is 0 Å². The largest absolute Gasteiger partial charge is 0.465 e. The quantitative estimate of drug-likeness (QED) is 0.472. The number of hydrogen-bond acceptors (Lipinski definition) is 7. The maximum atomic E-state index is 11.7. The Morgan fingerprint density at radius 1 is 1.45 bits per heavy atom. The van der Waals surface area contributed by atoms with Gasteiger partial charge in [-0.3, -0.25) is 9.59 Å². The standard InChI is InChI=1S/C12H17N3O3S2/c1-3-8(10(17)18-4-2)19-12-15-14-11(20-12)13-9(16)7-5-6-7/h7-8H,3-6H2,1-2H3,(H,13,14,16). The van der Waals surface area contributed by atoms with Crippen LogP contribution in [0.15, 0.2) is 4.34 Å². The summed E-state index contributed by atoms with van der Waals surface area (Å²) in [5.41, 5.74) is 0. The van der Waals surface area contributed by atoms with Crippen LogP contribution in [0.25, 0.3) is 0 Å². The summed E-state index contributed by atoms with van der Waals surface area (Å²) in [4.78, 5) is 23.3. The third-order valence-electron chi connectivity index (χ3n) is 2.75. The van der Waals surface area contributed by atoms with E-state index in [-0.39, 0.29) is 23.0 Å². The Kier molecular flexibility index (Phi) is 5.36. The summed E-state index contributed by atoms with van der Waals surface area (Å²) < 4.78 is 5.67. The molecule has 20 heavy (non-hydrogen) atoms. The molecular formula is C12H17N3O3S2. The van der Waals surface area contributed by atoms with Crippen molar-refractivity contribution >= 4 is 40.1 Å². The number of thioether (sulfide) groups is 1. The summed E-state index contributed by atoms with van der Waals surface area (Å²) in [6, 6.07) is 0. The van der Waals surface area contributed by atoms with Crippen LogP contribution in [0.4, 0.5) is 5.13 Å². The Hall–Kier alpha value is -1.15. The zero-order valence-corrected chi connectivity index (χ0v) is 13.1. The van der Waals surface area contributed by atoms with Gasteiger partial charge in [0.25, 0.3) is 0 Å². The van der Waals surface area contributed by atoms with Crippen LogP contribution in [-0.4, -0.2) is 33.9 Å². The van der Waals surface area contributed by atoms with Gasteiger partial charge in [-0.25, -0.2) is 0 Å². The molecule has 1 unspecified atom stereocenters. The molecule has 0 aliphatic heterocycles. The molecule has 1 atom stereocenters. The number of aromatic nitrogens is 2. The fourth-order valence-electron chi connectivity index (χ4n) is 1.52. The first-order valence-electron chi connectivity index (χ1n) is 6.61. The number of anilines is 1. The van der Waals surface area contributed by atoms with Crippen molar-refractivity contribution in [1.29, 1.82) is 0 Å². The number of nitrogens with one attached hydrogen (secondary N) is 1. The highest BCUT2D eigenvalue weighted by Crippen LogP contribution is 2.33. The second-order valence-corrected chi connectivity index (χ2v) is 6.83. The lowest BCUT2D eigenvalue weighted by molar-refractivity contribution is -0.142. The van der Waals surface area contributed by atoms with E-state index in [1.165, 1.54) is 23.1 Å². The maximum absolute atomic E-state index is 11.7. The summed E-state index contributed by atoms with van der Waals surface area (Å²) in [6.45, 7) is 4.08. The van der Waals surface area contributed by atoms with Crippen molar-refractivity contribution in [2.75, 3.05) is 11.9 Å². The molecule has 0 bridgehead atoms. The monoisotopic (exact) mass is 315 g/mol. The highest BCUT2D eigenvalue weighted by Gasteiger charge is 2.30. The van der Waals surface area contributed by atoms with Crippen molar-refractivity contribution < 1.29 is 14.3 Å². The van der Waals surface area contributed by atoms with E-state index in [9.17, 15) is 9.59 Å². The smallest absolute Gasteiger partial charge is 0.319 e. The highest BCUT2D eigenvalue weighted by molar-refractivity contribution is 8.02. The summed E-state index contributed by atoms with van der Waals surface area (Å²) in [6.07, 6.45) is 2.56. The molecule has 0 aromatic carbocycles. The number of carbonyl (C=O) groups is 2. The molecule has 0 spiro atoms. The zero-order valence-electron chi connectivity index (χ0n) is 11.4. The average Bonchev–Trinajstić information content (AvgIpc) is 3.19. The number of esters is 1. The third kappa shape index (κ3) is 4.17. The molecule has 1 fully saturated rings. The van der Waals surface area contributed by atoms with Crippen LogP contribution < -0.4 is 5.32 Å². The molecule has 2 rings (SSSR count). The maximum Gasteiger partial charge on any atom is 0.319 e. The van der Waals surface area contributed by atoms with Crippen molar-refractivity contribution in [3.05, 3.63) is 0 Å². The van der Waals surface area contributed by atoms with Crippen LogP contribution in [0.3, 0.4) is 0 Å². The summed E-state index contributed by atoms with van der Waals surface area (Å²) >= 11 is 2.61. The van der Waals surface area contributed by atoms with E-state index in [2.05, 4.69) is 15.5 Å². The van der Waals surface area contributed by atoms with Gasteiger partial charge in [0.15, 0.2) is 4.34 Å². The van der Waals surface area contributed by atoms with Gasteiger partial charge in [0.1, 0.15) is 5.25 Å². The number of amides is 1. The number of nitrogens with zero attached hydrogens (tertiary/aromatic N) is 2. The molecule has 1 heterocycles. The minimum Gasteiger partial charge on any atom is -0.465 e. The first-order valence-corrected chi connectivity index (χ1v) is 8.31. The van der Waals surface area contributed by atoms with Crippen LogP contribution >= 0.6 is 23.1 Å². The van der Waals surface area contributed by atoms with Gasteiger partial charge in [0.05, 0.1) is 6.61 Å². The Bertz CT molecular complexity index is 488. The van der Waals surface area contributed by atoms with E-state index in [1.54, 1.807) is 6.92 Å². The van der Waals surface area contributed by atoms with Gasteiger partial charge >= 0.3 is 5.97 Å². The van der Waals surface area contributed by atoms with Gasteiger partial charge in [-0.1, -0.05) is 30.0 Å². The summed E-state index contributed by atoms with van der Waals surface area (Å²) in [5, 5.41) is 10.9. The fourth-order valence-corrected chi connectivity index (χ4v) is 3.44. The van der Waals surface area contributed by atoms with E-state index in [0.29, 0.717) is 22.5 Å². The molecule has 110 valence electrons.